The predicted molar refractivity (Wildman–Crippen MR) is 116 cm³/mol. The highest BCUT2D eigenvalue weighted by Crippen LogP contribution is 2.19. The van der Waals surface area contributed by atoms with Crippen LogP contribution in [0.15, 0.2) is 54.7 Å². The lowest BCUT2D eigenvalue weighted by atomic mass is 10.1. The number of H-pyrrole nitrogens is 1. The maximum Gasteiger partial charge on any atom is 0.220 e. The van der Waals surface area contributed by atoms with Crippen LogP contribution in [0.2, 0.25) is 0 Å². The van der Waals surface area contributed by atoms with Crippen LogP contribution >= 0.6 is 0 Å². The second kappa shape index (κ2) is 10.1. The highest BCUT2D eigenvalue weighted by molar-refractivity contribution is 5.83. The Morgan fingerprint density at radius 3 is 2.46 bits per heavy atom. The highest BCUT2D eigenvalue weighted by Gasteiger charge is 2.09. The number of aromatic amines is 1. The van der Waals surface area contributed by atoms with E-state index in [0.717, 1.165) is 38.0 Å². The van der Waals surface area contributed by atoms with Crippen LogP contribution < -0.4 is 5.32 Å². The Labute approximate surface area is 167 Å². The second-order valence-electron chi connectivity index (χ2n) is 7.22. The first-order valence-corrected chi connectivity index (χ1v) is 10.3. The van der Waals surface area contributed by atoms with E-state index >= 15 is 0 Å². The van der Waals surface area contributed by atoms with E-state index in [4.69, 9.17) is 0 Å². The molecule has 0 spiro atoms. The summed E-state index contributed by atoms with van der Waals surface area (Å²) in [5.41, 5.74) is 4.95. The molecule has 0 atom stereocenters. The summed E-state index contributed by atoms with van der Waals surface area (Å²) in [6, 6.07) is 16.7. The number of nitrogens with one attached hydrogen (secondary N) is 2. The molecule has 1 aromatic heterocycles. The summed E-state index contributed by atoms with van der Waals surface area (Å²) in [5, 5.41) is 4.36. The lowest BCUT2D eigenvalue weighted by molar-refractivity contribution is -0.121. The molecule has 0 radical (unpaired) electrons. The summed E-state index contributed by atoms with van der Waals surface area (Å²) in [6.07, 6.45) is 4.38. The number of hydrogen-bond donors (Lipinski definition) is 2. The van der Waals surface area contributed by atoms with Crippen molar-refractivity contribution in [1.82, 2.24) is 15.2 Å². The van der Waals surface area contributed by atoms with E-state index in [-0.39, 0.29) is 5.91 Å². The molecular formula is C24H31N3O. The van der Waals surface area contributed by atoms with Crippen molar-refractivity contribution in [3.8, 4) is 0 Å². The number of rotatable bonds is 10. The predicted octanol–water partition coefficient (Wildman–Crippen LogP) is 4.65. The monoisotopic (exact) mass is 377 g/mol. The summed E-state index contributed by atoms with van der Waals surface area (Å²) < 4.78 is 0. The number of benzene rings is 2. The molecule has 0 aliphatic rings. The number of aromatic nitrogens is 1. The van der Waals surface area contributed by atoms with Gasteiger partial charge in [-0.05, 0) is 48.7 Å². The van der Waals surface area contributed by atoms with Gasteiger partial charge in [-0.3, -0.25) is 9.69 Å². The number of para-hydroxylation sites is 1. The van der Waals surface area contributed by atoms with Gasteiger partial charge in [0, 0.05) is 36.6 Å². The first-order chi connectivity index (χ1) is 13.7. The Kier molecular flexibility index (Phi) is 7.26. The number of hydrogen-bond acceptors (Lipinski definition) is 2. The molecule has 1 heterocycles. The van der Waals surface area contributed by atoms with E-state index in [1.165, 1.54) is 22.1 Å². The first kappa shape index (κ1) is 20.2. The van der Waals surface area contributed by atoms with Gasteiger partial charge in [0.15, 0.2) is 0 Å². The highest BCUT2D eigenvalue weighted by atomic mass is 16.1. The van der Waals surface area contributed by atoms with Crippen molar-refractivity contribution in [3.63, 3.8) is 0 Å². The molecule has 2 aromatic carbocycles. The fourth-order valence-electron chi connectivity index (χ4n) is 3.63. The molecule has 0 aliphatic carbocycles. The molecular weight excluding hydrogens is 346 g/mol. The molecule has 1 amide bonds. The van der Waals surface area contributed by atoms with Gasteiger partial charge in [-0.1, -0.05) is 56.3 Å². The van der Waals surface area contributed by atoms with Gasteiger partial charge in [-0.25, -0.2) is 0 Å². The fraction of sp³-hybridized carbons (Fsp3) is 0.375. The summed E-state index contributed by atoms with van der Waals surface area (Å²) in [7, 11) is 0. The molecule has 0 unspecified atom stereocenters. The van der Waals surface area contributed by atoms with E-state index < -0.39 is 0 Å². The van der Waals surface area contributed by atoms with Crippen LogP contribution in [-0.4, -0.2) is 28.9 Å². The molecule has 28 heavy (non-hydrogen) atoms. The van der Waals surface area contributed by atoms with Crippen LogP contribution in [0.5, 0.6) is 0 Å². The molecule has 4 nitrogen and oxygen atoms in total. The average Bonchev–Trinajstić information content (AvgIpc) is 3.14. The van der Waals surface area contributed by atoms with Crippen LogP contribution in [-0.2, 0) is 24.3 Å². The van der Waals surface area contributed by atoms with Gasteiger partial charge in [0.1, 0.15) is 0 Å². The van der Waals surface area contributed by atoms with Crippen molar-refractivity contribution in [2.24, 2.45) is 0 Å². The zero-order valence-corrected chi connectivity index (χ0v) is 17.0. The van der Waals surface area contributed by atoms with E-state index in [1.807, 2.05) is 12.1 Å². The molecule has 0 saturated carbocycles. The SMILES string of the molecule is CCN(CC)Cc1ccccc1CNC(=O)CCCc1c[nH]c2ccccc12. The Bertz CT molecular complexity index is 896. The quantitative estimate of drug-likeness (QED) is 0.540. The third-order valence-electron chi connectivity index (χ3n) is 5.41. The van der Waals surface area contributed by atoms with Crippen molar-refractivity contribution in [1.29, 1.82) is 0 Å². The largest absolute Gasteiger partial charge is 0.361 e. The summed E-state index contributed by atoms with van der Waals surface area (Å²) in [5.74, 6) is 0.123. The Morgan fingerprint density at radius 1 is 0.964 bits per heavy atom. The van der Waals surface area contributed by atoms with Gasteiger partial charge in [-0.15, -0.1) is 0 Å². The molecule has 0 fully saturated rings. The molecule has 3 rings (SSSR count). The first-order valence-electron chi connectivity index (χ1n) is 10.3. The van der Waals surface area contributed by atoms with E-state index in [0.29, 0.717) is 13.0 Å². The lowest BCUT2D eigenvalue weighted by Crippen LogP contribution is -2.26. The number of carbonyl (C=O) groups excluding carboxylic acids is 1. The molecule has 2 N–H and O–H groups in total. The summed E-state index contributed by atoms with van der Waals surface area (Å²) in [6.45, 7) is 7.96. The number of fused-ring (bicyclic) bond motifs is 1. The molecule has 4 heteroatoms. The summed E-state index contributed by atoms with van der Waals surface area (Å²) in [4.78, 5) is 18.0. The minimum absolute atomic E-state index is 0.123. The number of aryl methyl sites for hydroxylation is 1. The van der Waals surface area contributed by atoms with E-state index in [2.05, 4.69) is 71.6 Å². The van der Waals surface area contributed by atoms with Gasteiger partial charge >= 0.3 is 0 Å². The molecule has 0 saturated heterocycles. The number of amides is 1. The smallest absolute Gasteiger partial charge is 0.220 e. The van der Waals surface area contributed by atoms with Crippen LogP contribution in [0, 0.1) is 0 Å². The zero-order valence-electron chi connectivity index (χ0n) is 17.0. The maximum absolute atomic E-state index is 12.3. The van der Waals surface area contributed by atoms with E-state index in [1.54, 1.807) is 0 Å². The molecule has 3 aromatic rings. The lowest BCUT2D eigenvalue weighted by Gasteiger charge is -2.20. The maximum atomic E-state index is 12.3. The van der Waals surface area contributed by atoms with Gasteiger partial charge in [-0.2, -0.15) is 0 Å². The van der Waals surface area contributed by atoms with Crippen molar-refractivity contribution >= 4 is 16.8 Å². The van der Waals surface area contributed by atoms with Gasteiger partial charge in [0.05, 0.1) is 0 Å². The van der Waals surface area contributed by atoms with Crippen LogP contribution in [0.4, 0.5) is 0 Å². The second-order valence-corrected chi connectivity index (χ2v) is 7.22. The Balaban J connectivity index is 1.48. The topological polar surface area (TPSA) is 48.1 Å². The fourth-order valence-corrected chi connectivity index (χ4v) is 3.63. The van der Waals surface area contributed by atoms with Gasteiger partial charge in [0.25, 0.3) is 0 Å². The minimum Gasteiger partial charge on any atom is -0.361 e. The van der Waals surface area contributed by atoms with Crippen LogP contribution in [0.1, 0.15) is 43.4 Å². The minimum atomic E-state index is 0.123. The number of nitrogens with zero attached hydrogens (tertiary/aromatic N) is 1. The number of carbonyl (C=O) groups is 1. The van der Waals surface area contributed by atoms with Gasteiger partial charge in [0.2, 0.25) is 5.91 Å². The van der Waals surface area contributed by atoms with Crippen molar-refractivity contribution < 1.29 is 4.79 Å². The molecule has 148 valence electrons. The van der Waals surface area contributed by atoms with Crippen LogP contribution in [0.3, 0.4) is 0 Å². The Morgan fingerprint density at radius 2 is 1.68 bits per heavy atom. The molecule has 0 bridgehead atoms. The van der Waals surface area contributed by atoms with E-state index in [9.17, 15) is 4.79 Å². The van der Waals surface area contributed by atoms with Gasteiger partial charge < -0.3 is 10.3 Å². The standard InChI is InChI=1S/C24H31N3O/c1-3-27(4-2)18-21-11-6-5-10-19(21)16-26-24(28)15-9-12-20-17-25-23-14-8-7-13-22(20)23/h5-8,10-11,13-14,17,25H,3-4,9,12,15-16,18H2,1-2H3,(H,26,28). The molecule has 0 aliphatic heterocycles. The van der Waals surface area contributed by atoms with Crippen LogP contribution in [0.25, 0.3) is 10.9 Å². The summed E-state index contributed by atoms with van der Waals surface area (Å²) >= 11 is 0. The Hall–Kier alpha value is -2.59. The van der Waals surface area contributed by atoms with Crippen molar-refractivity contribution in [2.75, 3.05) is 13.1 Å². The van der Waals surface area contributed by atoms with Crippen molar-refractivity contribution in [3.05, 3.63) is 71.4 Å². The van der Waals surface area contributed by atoms with Crippen molar-refractivity contribution in [2.45, 2.75) is 46.2 Å². The average molecular weight is 378 g/mol. The third kappa shape index (κ3) is 5.23. The zero-order chi connectivity index (χ0) is 19.8. The normalized spacial score (nSPS) is 11.2. The third-order valence-corrected chi connectivity index (χ3v) is 5.41.